The third-order valence-electron chi connectivity index (χ3n) is 2.26. The first-order valence-electron chi connectivity index (χ1n) is 5.39. The standard InChI is InChI=1S/C13H12N2O2S/c1-16-10-3-2-4-11(7-10)17-9-13-15-8-12(18-13)5-6-14/h2-4,7-8H,5,9H2,1H3. The van der Waals surface area contributed by atoms with Crippen LogP contribution in [0.4, 0.5) is 0 Å². The lowest BCUT2D eigenvalue weighted by Crippen LogP contribution is -1.94. The van der Waals surface area contributed by atoms with Gasteiger partial charge in [0.25, 0.3) is 0 Å². The molecule has 1 heterocycles. The van der Waals surface area contributed by atoms with Gasteiger partial charge in [-0.1, -0.05) is 6.07 Å². The van der Waals surface area contributed by atoms with E-state index >= 15 is 0 Å². The van der Waals surface area contributed by atoms with Gasteiger partial charge < -0.3 is 9.47 Å². The molecule has 1 aromatic carbocycles. The molecular weight excluding hydrogens is 248 g/mol. The van der Waals surface area contributed by atoms with Crippen molar-refractivity contribution >= 4 is 11.3 Å². The summed E-state index contributed by atoms with van der Waals surface area (Å²) in [6, 6.07) is 9.52. The molecule has 0 amide bonds. The summed E-state index contributed by atoms with van der Waals surface area (Å²) in [5, 5.41) is 9.44. The minimum Gasteiger partial charge on any atom is -0.497 e. The average Bonchev–Trinajstić information content (AvgIpc) is 2.85. The zero-order chi connectivity index (χ0) is 12.8. The van der Waals surface area contributed by atoms with E-state index in [9.17, 15) is 0 Å². The molecule has 0 fully saturated rings. The molecular formula is C13H12N2O2S. The van der Waals surface area contributed by atoms with Gasteiger partial charge >= 0.3 is 0 Å². The van der Waals surface area contributed by atoms with Crippen molar-refractivity contribution in [1.29, 1.82) is 5.26 Å². The predicted octanol–water partition coefficient (Wildman–Crippen LogP) is 2.80. The van der Waals surface area contributed by atoms with Crippen molar-refractivity contribution in [2.45, 2.75) is 13.0 Å². The van der Waals surface area contributed by atoms with Crippen LogP contribution in [0.25, 0.3) is 0 Å². The van der Waals surface area contributed by atoms with E-state index < -0.39 is 0 Å². The van der Waals surface area contributed by atoms with E-state index in [-0.39, 0.29) is 0 Å². The van der Waals surface area contributed by atoms with Gasteiger partial charge in [0.1, 0.15) is 23.1 Å². The van der Waals surface area contributed by atoms with Crippen molar-refractivity contribution in [3.8, 4) is 17.6 Å². The van der Waals surface area contributed by atoms with Crippen LogP contribution in [0.1, 0.15) is 9.88 Å². The second-order valence-electron chi connectivity index (χ2n) is 3.52. The zero-order valence-corrected chi connectivity index (χ0v) is 10.7. The predicted molar refractivity (Wildman–Crippen MR) is 68.8 cm³/mol. The summed E-state index contributed by atoms with van der Waals surface area (Å²) in [4.78, 5) is 5.16. The number of aromatic nitrogens is 1. The van der Waals surface area contributed by atoms with Crippen molar-refractivity contribution in [3.05, 3.63) is 40.3 Å². The van der Waals surface area contributed by atoms with Gasteiger partial charge in [-0.25, -0.2) is 4.98 Å². The summed E-state index contributed by atoms with van der Waals surface area (Å²) in [5.41, 5.74) is 0. The number of nitriles is 1. The normalized spacial score (nSPS) is 9.78. The fraction of sp³-hybridized carbons (Fsp3) is 0.231. The number of rotatable bonds is 5. The highest BCUT2D eigenvalue weighted by molar-refractivity contribution is 7.11. The highest BCUT2D eigenvalue weighted by atomic mass is 32.1. The Bertz CT molecular complexity index is 560. The molecule has 0 unspecified atom stereocenters. The van der Waals surface area contributed by atoms with E-state index in [2.05, 4.69) is 11.1 Å². The molecule has 2 rings (SSSR count). The first-order chi connectivity index (χ1) is 8.81. The van der Waals surface area contributed by atoms with Crippen LogP contribution in [0.15, 0.2) is 30.5 Å². The third kappa shape index (κ3) is 3.22. The maximum atomic E-state index is 8.58. The number of nitrogens with zero attached hydrogens (tertiary/aromatic N) is 2. The number of methoxy groups -OCH3 is 1. The van der Waals surface area contributed by atoms with Gasteiger partial charge in [0.05, 0.1) is 19.6 Å². The molecule has 0 aliphatic carbocycles. The Morgan fingerprint density at radius 3 is 3.00 bits per heavy atom. The van der Waals surface area contributed by atoms with Crippen LogP contribution >= 0.6 is 11.3 Å². The van der Waals surface area contributed by atoms with Crippen LogP contribution in [-0.4, -0.2) is 12.1 Å². The monoisotopic (exact) mass is 260 g/mol. The first kappa shape index (κ1) is 12.4. The fourth-order valence-electron chi connectivity index (χ4n) is 1.41. The highest BCUT2D eigenvalue weighted by Gasteiger charge is 2.03. The summed E-state index contributed by atoms with van der Waals surface area (Å²) in [6.07, 6.45) is 2.12. The Morgan fingerprint density at radius 2 is 2.22 bits per heavy atom. The molecule has 1 aromatic heterocycles. The Balaban J connectivity index is 1.95. The second kappa shape index (κ2) is 6.03. The largest absolute Gasteiger partial charge is 0.497 e. The smallest absolute Gasteiger partial charge is 0.140 e. The average molecular weight is 260 g/mol. The van der Waals surface area contributed by atoms with E-state index in [0.717, 1.165) is 21.4 Å². The number of thiazole rings is 1. The minimum absolute atomic E-state index is 0.400. The fourth-order valence-corrected chi connectivity index (χ4v) is 2.18. The maximum Gasteiger partial charge on any atom is 0.140 e. The third-order valence-corrected chi connectivity index (χ3v) is 3.23. The van der Waals surface area contributed by atoms with Gasteiger partial charge in [0.15, 0.2) is 0 Å². The van der Waals surface area contributed by atoms with Crippen LogP contribution in [-0.2, 0) is 13.0 Å². The van der Waals surface area contributed by atoms with Gasteiger partial charge in [-0.2, -0.15) is 5.26 Å². The van der Waals surface area contributed by atoms with Crippen LogP contribution in [0.5, 0.6) is 11.5 Å². The molecule has 0 spiro atoms. The molecule has 0 atom stereocenters. The van der Waals surface area contributed by atoms with Gasteiger partial charge in [0.2, 0.25) is 0 Å². The summed E-state index contributed by atoms with van der Waals surface area (Å²) in [6.45, 7) is 0.406. The molecule has 0 N–H and O–H groups in total. The number of hydrogen-bond acceptors (Lipinski definition) is 5. The van der Waals surface area contributed by atoms with Crippen LogP contribution < -0.4 is 9.47 Å². The molecule has 0 bridgehead atoms. The minimum atomic E-state index is 0.400. The van der Waals surface area contributed by atoms with Gasteiger partial charge in [-0.05, 0) is 12.1 Å². The van der Waals surface area contributed by atoms with E-state index in [1.54, 1.807) is 13.3 Å². The second-order valence-corrected chi connectivity index (χ2v) is 4.72. The van der Waals surface area contributed by atoms with E-state index in [4.69, 9.17) is 14.7 Å². The quantitative estimate of drug-likeness (QED) is 0.829. The van der Waals surface area contributed by atoms with Gasteiger partial charge in [-0.15, -0.1) is 11.3 Å². The Kier molecular flexibility index (Phi) is 4.15. The lowest BCUT2D eigenvalue weighted by molar-refractivity contribution is 0.303. The Labute approximate surface area is 109 Å². The molecule has 0 aliphatic rings. The number of benzene rings is 1. The summed E-state index contributed by atoms with van der Waals surface area (Å²) >= 11 is 1.50. The lowest BCUT2D eigenvalue weighted by Gasteiger charge is -2.05. The maximum absolute atomic E-state index is 8.58. The summed E-state index contributed by atoms with van der Waals surface area (Å²) in [5.74, 6) is 1.50. The Morgan fingerprint density at radius 1 is 1.39 bits per heavy atom. The Hall–Kier alpha value is -2.06. The van der Waals surface area contributed by atoms with Crippen LogP contribution in [0.2, 0.25) is 0 Å². The molecule has 18 heavy (non-hydrogen) atoms. The van der Waals surface area contributed by atoms with E-state index in [1.807, 2.05) is 24.3 Å². The molecule has 92 valence electrons. The van der Waals surface area contributed by atoms with Crippen molar-refractivity contribution in [3.63, 3.8) is 0 Å². The molecule has 4 nitrogen and oxygen atoms in total. The number of ether oxygens (including phenoxy) is 2. The van der Waals surface area contributed by atoms with Crippen LogP contribution in [0, 0.1) is 11.3 Å². The van der Waals surface area contributed by atoms with Crippen molar-refractivity contribution in [1.82, 2.24) is 4.98 Å². The molecule has 0 radical (unpaired) electrons. The summed E-state index contributed by atoms with van der Waals surface area (Å²) in [7, 11) is 1.62. The van der Waals surface area contributed by atoms with E-state index in [0.29, 0.717) is 13.0 Å². The highest BCUT2D eigenvalue weighted by Crippen LogP contribution is 2.21. The van der Waals surface area contributed by atoms with Crippen molar-refractivity contribution in [2.24, 2.45) is 0 Å². The van der Waals surface area contributed by atoms with Gasteiger partial charge in [-0.3, -0.25) is 0 Å². The molecule has 0 saturated carbocycles. The SMILES string of the molecule is COc1cccc(OCc2ncc(CC#N)s2)c1. The first-order valence-corrected chi connectivity index (χ1v) is 6.21. The summed E-state index contributed by atoms with van der Waals surface area (Å²) < 4.78 is 10.7. The molecule has 0 aliphatic heterocycles. The number of hydrogen-bond donors (Lipinski definition) is 0. The molecule has 0 saturated heterocycles. The van der Waals surface area contributed by atoms with Crippen molar-refractivity contribution < 1.29 is 9.47 Å². The molecule has 5 heteroatoms. The molecule has 2 aromatic rings. The topological polar surface area (TPSA) is 55.1 Å². The zero-order valence-electron chi connectivity index (χ0n) is 9.92. The van der Waals surface area contributed by atoms with Gasteiger partial charge in [0, 0.05) is 17.1 Å². The van der Waals surface area contributed by atoms with E-state index in [1.165, 1.54) is 11.3 Å². The van der Waals surface area contributed by atoms with Crippen molar-refractivity contribution in [2.75, 3.05) is 7.11 Å². The van der Waals surface area contributed by atoms with Crippen LogP contribution in [0.3, 0.4) is 0 Å². The lowest BCUT2D eigenvalue weighted by atomic mass is 10.3.